The predicted octanol–water partition coefficient (Wildman–Crippen LogP) is 2.54. The highest BCUT2D eigenvalue weighted by Gasteiger charge is 2.34. The van der Waals surface area contributed by atoms with Crippen LogP contribution >= 0.6 is 22.6 Å². The molecule has 2 aromatic heterocycles. The Morgan fingerprint density at radius 1 is 1.32 bits per heavy atom. The van der Waals surface area contributed by atoms with E-state index in [1.807, 2.05) is 0 Å². The predicted molar refractivity (Wildman–Crippen MR) is 92.2 cm³/mol. The van der Waals surface area contributed by atoms with Crippen LogP contribution in [0.5, 0.6) is 5.75 Å². The summed E-state index contributed by atoms with van der Waals surface area (Å²) in [5, 5.41) is 0. The molecule has 0 aliphatic carbocycles. The summed E-state index contributed by atoms with van der Waals surface area (Å²) in [4.78, 5) is 4.41. The molecule has 0 atom stereocenters. The van der Waals surface area contributed by atoms with Crippen LogP contribution in [0.1, 0.15) is 20.8 Å². The van der Waals surface area contributed by atoms with E-state index in [1.54, 1.807) is 50.7 Å². The highest BCUT2D eigenvalue weighted by molar-refractivity contribution is 14.1. The normalized spacial score (nSPS) is 12.8. The minimum Gasteiger partial charge on any atom is -0.490 e. The molecular formula is C14H19IN2O4S. The maximum absolute atomic E-state index is 12.8. The molecule has 0 radical (unpaired) electrons. The molecule has 22 heavy (non-hydrogen) atoms. The van der Waals surface area contributed by atoms with E-state index in [9.17, 15) is 8.42 Å². The number of fused-ring (bicyclic) bond motifs is 1. The maximum atomic E-state index is 12.8. The van der Waals surface area contributed by atoms with Gasteiger partial charge in [0.25, 0.3) is 0 Å². The van der Waals surface area contributed by atoms with Gasteiger partial charge in [-0.3, -0.25) is 4.40 Å². The van der Waals surface area contributed by atoms with Crippen molar-refractivity contribution in [3.8, 4) is 5.75 Å². The monoisotopic (exact) mass is 438 g/mol. The minimum absolute atomic E-state index is 0.166. The number of rotatable bonds is 5. The molecule has 2 rings (SSSR count). The van der Waals surface area contributed by atoms with Crippen molar-refractivity contribution in [3.05, 3.63) is 22.2 Å². The summed E-state index contributed by atoms with van der Waals surface area (Å²) in [6.45, 7) is 5.67. The van der Waals surface area contributed by atoms with Gasteiger partial charge in [-0.25, -0.2) is 13.4 Å². The first kappa shape index (κ1) is 17.5. The molecule has 0 spiro atoms. The van der Waals surface area contributed by atoms with Gasteiger partial charge in [-0.2, -0.15) is 0 Å². The SMILES string of the molecule is COCCOc1cc2ncc(I)n2cc1S(=O)(=O)C(C)(C)C. The molecule has 6 nitrogen and oxygen atoms in total. The molecule has 0 saturated heterocycles. The van der Waals surface area contributed by atoms with Crippen LogP contribution in [0, 0.1) is 3.70 Å². The van der Waals surface area contributed by atoms with Crippen LogP contribution in [0.2, 0.25) is 0 Å². The molecule has 0 aromatic carbocycles. The van der Waals surface area contributed by atoms with Gasteiger partial charge in [0.15, 0.2) is 9.84 Å². The maximum Gasteiger partial charge on any atom is 0.188 e. The first-order valence-electron chi connectivity index (χ1n) is 6.71. The van der Waals surface area contributed by atoms with E-state index < -0.39 is 14.6 Å². The van der Waals surface area contributed by atoms with Gasteiger partial charge in [0, 0.05) is 19.4 Å². The zero-order valence-corrected chi connectivity index (χ0v) is 15.9. The lowest BCUT2D eigenvalue weighted by Gasteiger charge is -2.21. The van der Waals surface area contributed by atoms with E-state index in [-0.39, 0.29) is 11.5 Å². The quantitative estimate of drug-likeness (QED) is 0.530. The largest absolute Gasteiger partial charge is 0.490 e. The summed E-state index contributed by atoms with van der Waals surface area (Å²) in [5.74, 6) is 0.307. The number of halogens is 1. The zero-order chi connectivity index (χ0) is 16.5. The Morgan fingerprint density at radius 2 is 2.00 bits per heavy atom. The number of sulfone groups is 1. The van der Waals surface area contributed by atoms with Gasteiger partial charge < -0.3 is 9.47 Å². The Balaban J connectivity index is 2.62. The second-order valence-electron chi connectivity index (χ2n) is 5.77. The zero-order valence-electron chi connectivity index (χ0n) is 13.0. The molecule has 0 saturated carbocycles. The fourth-order valence-electron chi connectivity index (χ4n) is 1.84. The third kappa shape index (κ3) is 3.23. The topological polar surface area (TPSA) is 69.9 Å². The average molecular weight is 438 g/mol. The van der Waals surface area contributed by atoms with Crippen molar-refractivity contribution in [1.29, 1.82) is 0 Å². The number of hydrogen-bond acceptors (Lipinski definition) is 5. The first-order valence-corrected chi connectivity index (χ1v) is 9.27. The van der Waals surface area contributed by atoms with Crippen LogP contribution in [-0.2, 0) is 14.6 Å². The summed E-state index contributed by atoms with van der Waals surface area (Å²) < 4.78 is 37.9. The molecule has 0 unspecified atom stereocenters. The second kappa shape index (κ2) is 6.32. The van der Waals surface area contributed by atoms with E-state index in [0.29, 0.717) is 18.0 Å². The van der Waals surface area contributed by atoms with Crippen LogP contribution in [0.3, 0.4) is 0 Å². The number of hydrogen-bond donors (Lipinski definition) is 0. The number of nitrogens with zero attached hydrogens (tertiary/aromatic N) is 2. The highest BCUT2D eigenvalue weighted by Crippen LogP contribution is 2.33. The number of methoxy groups -OCH3 is 1. The molecular weight excluding hydrogens is 419 g/mol. The molecule has 0 aliphatic rings. The average Bonchev–Trinajstić information content (AvgIpc) is 2.78. The van der Waals surface area contributed by atoms with Gasteiger partial charge >= 0.3 is 0 Å². The summed E-state index contributed by atoms with van der Waals surface area (Å²) in [7, 11) is -1.98. The smallest absolute Gasteiger partial charge is 0.188 e. The van der Waals surface area contributed by atoms with Crippen molar-refractivity contribution in [2.75, 3.05) is 20.3 Å². The van der Waals surface area contributed by atoms with Crippen LogP contribution in [0.15, 0.2) is 23.4 Å². The van der Waals surface area contributed by atoms with Crippen molar-refractivity contribution in [1.82, 2.24) is 9.38 Å². The molecule has 0 fully saturated rings. The number of pyridine rings is 1. The van der Waals surface area contributed by atoms with E-state index >= 15 is 0 Å². The first-order chi connectivity index (χ1) is 10.2. The number of imidazole rings is 1. The minimum atomic E-state index is -3.55. The van der Waals surface area contributed by atoms with Crippen molar-refractivity contribution >= 4 is 38.1 Å². The van der Waals surface area contributed by atoms with Crippen molar-refractivity contribution in [2.45, 2.75) is 30.4 Å². The van der Waals surface area contributed by atoms with Gasteiger partial charge in [-0.1, -0.05) is 0 Å². The molecule has 0 bridgehead atoms. The van der Waals surface area contributed by atoms with Gasteiger partial charge in [0.2, 0.25) is 0 Å². The van der Waals surface area contributed by atoms with Crippen molar-refractivity contribution < 1.29 is 17.9 Å². The van der Waals surface area contributed by atoms with E-state index in [2.05, 4.69) is 27.6 Å². The molecule has 2 heterocycles. The fourth-order valence-corrected chi connectivity index (χ4v) is 3.65. The van der Waals surface area contributed by atoms with Crippen LogP contribution < -0.4 is 4.74 Å². The highest BCUT2D eigenvalue weighted by atomic mass is 127. The van der Waals surface area contributed by atoms with Gasteiger partial charge in [-0.05, 0) is 43.4 Å². The van der Waals surface area contributed by atoms with Crippen molar-refractivity contribution in [2.24, 2.45) is 0 Å². The molecule has 8 heteroatoms. The Bertz CT molecular complexity index is 778. The molecule has 122 valence electrons. The molecule has 2 aromatic rings. The Hall–Kier alpha value is -0.870. The van der Waals surface area contributed by atoms with E-state index in [1.165, 1.54) is 0 Å². The van der Waals surface area contributed by atoms with Gasteiger partial charge in [0.1, 0.15) is 26.6 Å². The summed E-state index contributed by atoms with van der Waals surface area (Å²) in [6, 6.07) is 1.65. The van der Waals surface area contributed by atoms with Gasteiger partial charge in [-0.15, -0.1) is 0 Å². The lowest BCUT2D eigenvalue weighted by atomic mass is 10.3. The lowest BCUT2D eigenvalue weighted by Crippen LogP contribution is -2.28. The summed E-state index contributed by atoms with van der Waals surface area (Å²) in [6.07, 6.45) is 3.26. The van der Waals surface area contributed by atoms with Gasteiger partial charge in [0.05, 0.1) is 17.6 Å². The Morgan fingerprint density at radius 3 is 2.59 bits per heavy atom. The van der Waals surface area contributed by atoms with Crippen LogP contribution in [0.25, 0.3) is 5.65 Å². The molecule has 0 amide bonds. The van der Waals surface area contributed by atoms with Crippen molar-refractivity contribution in [3.63, 3.8) is 0 Å². The Labute approximate surface area is 143 Å². The van der Waals surface area contributed by atoms with Crippen LogP contribution in [0.4, 0.5) is 0 Å². The van der Waals surface area contributed by atoms with E-state index in [4.69, 9.17) is 9.47 Å². The summed E-state index contributed by atoms with van der Waals surface area (Å²) >= 11 is 2.11. The third-order valence-electron chi connectivity index (χ3n) is 3.17. The Kier molecular flexibility index (Phi) is 5.03. The summed E-state index contributed by atoms with van der Waals surface area (Å²) in [5.41, 5.74) is 0.643. The third-order valence-corrected chi connectivity index (χ3v) is 6.47. The second-order valence-corrected chi connectivity index (χ2v) is 9.54. The molecule has 0 aliphatic heterocycles. The number of aromatic nitrogens is 2. The molecule has 0 N–H and O–H groups in total. The van der Waals surface area contributed by atoms with E-state index in [0.717, 1.165) is 3.70 Å². The van der Waals surface area contributed by atoms with Crippen LogP contribution in [-0.4, -0.2) is 42.9 Å². The fraction of sp³-hybridized carbons (Fsp3) is 0.500. The number of ether oxygens (including phenoxy) is 2. The standard InChI is InChI=1S/C14H19IN2O4S/c1-14(2,3)22(18,19)11-9-17-12(15)8-16-13(17)7-10(11)21-6-5-20-4/h7-9H,5-6H2,1-4H3. The lowest BCUT2D eigenvalue weighted by molar-refractivity contribution is 0.144.